The van der Waals surface area contributed by atoms with Crippen LogP contribution >= 0.6 is 0 Å². The molecule has 1 aromatic heterocycles. The molecule has 6 heteroatoms. The maximum Gasteiger partial charge on any atom is 0.213 e. The standard InChI is InChI=1S/C15H26N4O2/c1-4-16-15(18-8-6-10-21-5-2)19-12-13-7-9-17-14(11-13)20-3/h7,9,11H,4-6,8,10,12H2,1-3H3,(H2,16,18,19). The molecular formula is C15H26N4O2. The number of ether oxygens (including phenoxy) is 2. The quantitative estimate of drug-likeness (QED) is 0.411. The highest BCUT2D eigenvalue weighted by Crippen LogP contribution is 2.09. The Balaban J connectivity index is 2.46. The fourth-order valence-electron chi connectivity index (χ4n) is 1.70. The van der Waals surface area contributed by atoms with Crippen LogP contribution in [-0.2, 0) is 11.3 Å². The summed E-state index contributed by atoms with van der Waals surface area (Å²) in [6.07, 6.45) is 2.69. The summed E-state index contributed by atoms with van der Waals surface area (Å²) >= 11 is 0. The summed E-state index contributed by atoms with van der Waals surface area (Å²) in [5, 5.41) is 6.51. The number of hydrogen-bond donors (Lipinski definition) is 2. The van der Waals surface area contributed by atoms with Crippen LogP contribution in [0, 0.1) is 0 Å². The van der Waals surface area contributed by atoms with Crippen LogP contribution in [0.1, 0.15) is 25.8 Å². The Morgan fingerprint density at radius 2 is 2.19 bits per heavy atom. The van der Waals surface area contributed by atoms with Crippen molar-refractivity contribution in [2.24, 2.45) is 4.99 Å². The highest BCUT2D eigenvalue weighted by Gasteiger charge is 1.99. The largest absolute Gasteiger partial charge is 0.481 e. The number of guanidine groups is 1. The van der Waals surface area contributed by atoms with Gasteiger partial charge in [0, 0.05) is 38.6 Å². The zero-order valence-electron chi connectivity index (χ0n) is 13.2. The molecule has 0 aromatic carbocycles. The van der Waals surface area contributed by atoms with E-state index < -0.39 is 0 Å². The van der Waals surface area contributed by atoms with E-state index >= 15 is 0 Å². The highest BCUT2D eigenvalue weighted by molar-refractivity contribution is 5.79. The maximum atomic E-state index is 5.31. The van der Waals surface area contributed by atoms with E-state index in [4.69, 9.17) is 9.47 Å². The van der Waals surface area contributed by atoms with Crippen molar-refractivity contribution < 1.29 is 9.47 Å². The van der Waals surface area contributed by atoms with Gasteiger partial charge in [-0.2, -0.15) is 0 Å². The molecule has 21 heavy (non-hydrogen) atoms. The molecule has 0 aliphatic heterocycles. The van der Waals surface area contributed by atoms with Crippen LogP contribution in [0.15, 0.2) is 23.3 Å². The van der Waals surface area contributed by atoms with Gasteiger partial charge in [0.1, 0.15) is 0 Å². The smallest absolute Gasteiger partial charge is 0.213 e. The molecule has 1 rings (SSSR count). The van der Waals surface area contributed by atoms with E-state index in [0.29, 0.717) is 12.4 Å². The molecule has 0 bridgehead atoms. The third kappa shape index (κ3) is 7.51. The molecule has 118 valence electrons. The third-order valence-electron chi connectivity index (χ3n) is 2.73. The number of aliphatic imine (C=N–C) groups is 1. The average Bonchev–Trinajstić information content (AvgIpc) is 2.52. The molecule has 1 heterocycles. The normalized spacial score (nSPS) is 11.3. The molecule has 2 N–H and O–H groups in total. The van der Waals surface area contributed by atoms with Crippen molar-refractivity contribution in [1.82, 2.24) is 15.6 Å². The van der Waals surface area contributed by atoms with Crippen LogP contribution in [0.3, 0.4) is 0 Å². The van der Waals surface area contributed by atoms with E-state index in [1.807, 2.05) is 26.0 Å². The Morgan fingerprint density at radius 1 is 1.33 bits per heavy atom. The zero-order chi connectivity index (χ0) is 15.3. The first-order valence-corrected chi connectivity index (χ1v) is 7.39. The third-order valence-corrected chi connectivity index (χ3v) is 2.73. The first-order chi connectivity index (χ1) is 10.3. The number of nitrogens with zero attached hydrogens (tertiary/aromatic N) is 2. The molecule has 0 aliphatic carbocycles. The van der Waals surface area contributed by atoms with E-state index in [1.54, 1.807) is 13.3 Å². The molecule has 0 saturated heterocycles. The predicted octanol–water partition coefficient (Wildman–Crippen LogP) is 1.57. The van der Waals surface area contributed by atoms with Crippen molar-refractivity contribution >= 4 is 5.96 Å². The van der Waals surface area contributed by atoms with Crippen molar-refractivity contribution in [2.45, 2.75) is 26.8 Å². The summed E-state index contributed by atoms with van der Waals surface area (Å²) in [5.41, 5.74) is 1.06. The summed E-state index contributed by atoms with van der Waals surface area (Å²) in [6, 6.07) is 3.83. The van der Waals surface area contributed by atoms with Gasteiger partial charge in [0.15, 0.2) is 5.96 Å². The zero-order valence-corrected chi connectivity index (χ0v) is 13.2. The number of pyridine rings is 1. The van der Waals surface area contributed by atoms with Crippen LogP contribution in [0.4, 0.5) is 0 Å². The lowest BCUT2D eigenvalue weighted by atomic mass is 10.3. The number of aromatic nitrogens is 1. The fraction of sp³-hybridized carbons (Fsp3) is 0.600. The first kappa shape index (κ1) is 17.2. The van der Waals surface area contributed by atoms with Gasteiger partial charge in [-0.05, 0) is 31.9 Å². The minimum atomic E-state index is 0.583. The Kier molecular flexibility index (Phi) is 8.95. The monoisotopic (exact) mass is 294 g/mol. The van der Waals surface area contributed by atoms with E-state index in [9.17, 15) is 0 Å². The van der Waals surface area contributed by atoms with E-state index in [-0.39, 0.29) is 0 Å². The lowest BCUT2D eigenvalue weighted by molar-refractivity contribution is 0.145. The van der Waals surface area contributed by atoms with Crippen LogP contribution in [0.25, 0.3) is 0 Å². The van der Waals surface area contributed by atoms with Gasteiger partial charge in [0.2, 0.25) is 5.88 Å². The molecule has 0 fully saturated rings. The Labute approximate surface area is 127 Å². The second-order valence-electron chi connectivity index (χ2n) is 4.38. The number of methoxy groups -OCH3 is 1. The van der Waals surface area contributed by atoms with Gasteiger partial charge in [0.25, 0.3) is 0 Å². The first-order valence-electron chi connectivity index (χ1n) is 7.39. The summed E-state index contributed by atoms with van der Waals surface area (Å²) in [5.74, 6) is 1.42. The lowest BCUT2D eigenvalue weighted by Gasteiger charge is -2.11. The minimum Gasteiger partial charge on any atom is -0.481 e. The minimum absolute atomic E-state index is 0.583. The lowest BCUT2D eigenvalue weighted by Crippen LogP contribution is -2.38. The van der Waals surface area contributed by atoms with Crippen LogP contribution in [0.2, 0.25) is 0 Å². The van der Waals surface area contributed by atoms with Crippen LogP contribution in [0.5, 0.6) is 5.88 Å². The molecule has 6 nitrogen and oxygen atoms in total. The molecule has 0 atom stereocenters. The molecule has 1 aromatic rings. The summed E-state index contributed by atoms with van der Waals surface area (Å²) in [4.78, 5) is 8.63. The molecule has 0 aliphatic rings. The van der Waals surface area contributed by atoms with Crippen molar-refractivity contribution in [3.8, 4) is 5.88 Å². The summed E-state index contributed by atoms with van der Waals surface area (Å²) in [7, 11) is 1.61. The average molecular weight is 294 g/mol. The summed E-state index contributed by atoms with van der Waals surface area (Å²) < 4.78 is 10.4. The topological polar surface area (TPSA) is 67.8 Å². The Hall–Kier alpha value is -1.82. The maximum absolute atomic E-state index is 5.31. The highest BCUT2D eigenvalue weighted by atomic mass is 16.5. The Bertz CT molecular complexity index is 424. The number of nitrogens with one attached hydrogen (secondary N) is 2. The van der Waals surface area contributed by atoms with Gasteiger partial charge in [-0.1, -0.05) is 0 Å². The van der Waals surface area contributed by atoms with Gasteiger partial charge >= 0.3 is 0 Å². The van der Waals surface area contributed by atoms with Crippen molar-refractivity contribution in [3.05, 3.63) is 23.9 Å². The number of hydrogen-bond acceptors (Lipinski definition) is 4. The van der Waals surface area contributed by atoms with Gasteiger partial charge in [-0.25, -0.2) is 9.98 Å². The second-order valence-corrected chi connectivity index (χ2v) is 4.38. The molecule has 0 unspecified atom stereocenters. The van der Waals surface area contributed by atoms with Gasteiger partial charge in [-0.15, -0.1) is 0 Å². The van der Waals surface area contributed by atoms with Gasteiger partial charge in [0.05, 0.1) is 13.7 Å². The number of rotatable bonds is 9. The van der Waals surface area contributed by atoms with E-state index in [2.05, 4.69) is 20.6 Å². The van der Waals surface area contributed by atoms with Crippen LogP contribution in [-0.4, -0.2) is 44.4 Å². The van der Waals surface area contributed by atoms with E-state index in [0.717, 1.165) is 44.2 Å². The van der Waals surface area contributed by atoms with Crippen LogP contribution < -0.4 is 15.4 Å². The van der Waals surface area contributed by atoms with Crippen molar-refractivity contribution in [1.29, 1.82) is 0 Å². The molecule has 0 spiro atoms. The molecular weight excluding hydrogens is 268 g/mol. The van der Waals surface area contributed by atoms with Crippen molar-refractivity contribution in [2.75, 3.05) is 33.4 Å². The van der Waals surface area contributed by atoms with Crippen molar-refractivity contribution in [3.63, 3.8) is 0 Å². The molecule has 0 amide bonds. The second kappa shape index (κ2) is 10.9. The molecule has 0 saturated carbocycles. The van der Waals surface area contributed by atoms with Gasteiger partial charge < -0.3 is 20.1 Å². The van der Waals surface area contributed by atoms with E-state index in [1.165, 1.54) is 0 Å². The van der Waals surface area contributed by atoms with Gasteiger partial charge in [-0.3, -0.25) is 0 Å². The Morgan fingerprint density at radius 3 is 2.90 bits per heavy atom. The predicted molar refractivity (Wildman–Crippen MR) is 84.7 cm³/mol. The SMILES string of the molecule is CCNC(=NCc1ccnc(OC)c1)NCCCOCC. The fourth-order valence-corrected chi connectivity index (χ4v) is 1.70. The molecule has 0 radical (unpaired) electrons. The summed E-state index contributed by atoms with van der Waals surface area (Å²) in [6.45, 7) is 7.83.